The van der Waals surface area contributed by atoms with Gasteiger partial charge in [-0.3, -0.25) is 0 Å². The molecule has 1 unspecified atom stereocenters. The Balaban J connectivity index is 1.56. The number of alkyl halides is 2. The van der Waals surface area contributed by atoms with Crippen LogP contribution in [0.15, 0.2) is 72.8 Å². The van der Waals surface area contributed by atoms with Crippen molar-refractivity contribution in [1.82, 2.24) is 9.55 Å². The maximum Gasteiger partial charge on any atom is 0.248 e. The zero-order valence-corrected chi connectivity index (χ0v) is 18.6. The molecule has 5 heteroatoms. The first-order chi connectivity index (χ1) is 16.5. The molecule has 0 amide bonds. The molecule has 0 radical (unpaired) electrons. The van der Waals surface area contributed by atoms with Crippen LogP contribution in [0.1, 0.15) is 42.4 Å². The van der Waals surface area contributed by atoms with Gasteiger partial charge in [0.15, 0.2) is 0 Å². The normalized spacial score (nSPS) is 17.0. The molecule has 0 bridgehead atoms. The number of nitrogens with zero attached hydrogens (tertiary/aromatic N) is 3. The van der Waals surface area contributed by atoms with Gasteiger partial charge >= 0.3 is 0 Å². The van der Waals surface area contributed by atoms with Crippen molar-refractivity contribution in [2.45, 2.75) is 38.2 Å². The van der Waals surface area contributed by atoms with E-state index in [2.05, 4.69) is 22.5 Å². The molecule has 0 N–H and O–H groups in total. The highest BCUT2D eigenvalue weighted by Gasteiger charge is 2.36. The molecule has 0 aliphatic heterocycles. The van der Waals surface area contributed by atoms with Gasteiger partial charge in [-0.25, -0.2) is 13.8 Å². The van der Waals surface area contributed by atoms with Crippen LogP contribution in [0.3, 0.4) is 0 Å². The van der Waals surface area contributed by atoms with Gasteiger partial charge in [-0.15, -0.1) is 0 Å². The van der Waals surface area contributed by atoms with Crippen LogP contribution in [0, 0.1) is 29.1 Å². The van der Waals surface area contributed by atoms with Crippen molar-refractivity contribution in [2.24, 2.45) is 5.92 Å². The third kappa shape index (κ3) is 4.56. The minimum absolute atomic E-state index is 0.0190. The van der Waals surface area contributed by atoms with Gasteiger partial charge in [-0.2, -0.15) is 5.26 Å². The number of fused-ring (bicyclic) bond motifs is 1. The van der Waals surface area contributed by atoms with Gasteiger partial charge in [-0.05, 0) is 67.3 Å². The van der Waals surface area contributed by atoms with Crippen molar-refractivity contribution in [3.63, 3.8) is 0 Å². The molecule has 3 nitrogen and oxygen atoms in total. The SMILES string of the molecule is N#Cc1ccc(C#Cc2ccccc2-c2nc3ccccc3n2CC2CCCC(F)(F)C2)cc1. The highest BCUT2D eigenvalue weighted by atomic mass is 19.3. The van der Waals surface area contributed by atoms with Gasteiger partial charge in [0.05, 0.1) is 22.7 Å². The number of rotatable bonds is 3. The second-order valence-corrected chi connectivity index (χ2v) is 8.84. The quantitative estimate of drug-likeness (QED) is 0.322. The summed E-state index contributed by atoms with van der Waals surface area (Å²) in [6.07, 6.45) is 1.24. The zero-order valence-electron chi connectivity index (χ0n) is 18.6. The Hall–Kier alpha value is -3.96. The van der Waals surface area contributed by atoms with Gasteiger partial charge in [0.2, 0.25) is 5.92 Å². The lowest BCUT2D eigenvalue weighted by molar-refractivity contribution is -0.0545. The largest absolute Gasteiger partial charge is 0.324 e. The molecule has 4 aromatic rings. The molecule has 5 rings (SSSR count). The lowest BCUT2D eigenvalue weighted by Gasteiger charge is -2.29. The van der Waals surface area contributed by atoms with Gasteiger partial charge in [-0.1, -0.05) is 36.1 Å². The molecule has 1 aliphatic carbocycles. The van der Waals surface area contributed by atoms with E-state index in [1.165, 1.54) is 0 Å². The third-order valence-corrected chi connectivity index (χ3v) is 6.36. The second-order valence-electron chi connectivity index (χ2n) is 8.84. The summed E-state index contributed by atoms with van der Waals surface area (Å²) in [5, 5.41) is 8.99. The van der Waals surface area contributed by atoms with Gasteiger partial charge in [0, 0.05) is 36.1 Å². The van der Waals surface area contributed by atoms with E-state index in [1.807, 2.05) is 60.7 Å². The minimum atomic E-state index is -2.59. The number of imidazole rings is 1. The number of halogens is 2. The fourth-order valence-electron chi connectivity index (χ4n) is 4.71. The van der Waals surface area contributed by atoms with E-state index < -0.39 is 5.92 Å². The van der Waals surface area contributed by atoms with E-state index >= 15 is 0 Å². The van der Waals surface area contributed by atoms with Crippen molar-refractivity contribution < 1.29 is 8.78 Å². The number of aromatic nitrogens is 2. The fourth-order valence-corrected chi connectivity index (χ4v) is 4.71. The Morgan fingerprint density at radius 2 is 1.68 bits per heavy atom. The average molecular weight is 452 g/mol. The highest BCUT2D eigenvalue weighted by Crippen LogP contribution is 2.38. The molecule has 1 atom stereocenters. The third-order valence-electron chi connectivity index (χ3n) is 6.36. The summed E-state index contributed by atoms with van der Waals surface area (Å²) in [6, 6.07) is 24.9. The molecule has 0 spiro atoms. The fraction of sp³-hybridized carbons (Fsp3) is 0.241. The summed E-state index contributed by atoms with van der Waals surface area (Å²) < 4.78 is 30.4. The first-order valence-electron chi connectivity index (χ1n) is 11.5. The second kappa shape index (κ2) is 9.12. The summed E-state index contributed by atoms with van der Waals surface area (Å²) in [7, 11) is 0. The highest BCUT2D eigenvalue weighted by molar-refractivity contribution is 5.82. The van der Waals surface area contributed by atoms with E-state index in [4.69, 9.17) is 10.2 Å². The van der Waals surface area contributed by atoms with Crippen LogP contribution in [-0.2, 0) is 6.54 Å². The molecule has 1 aromatic heterocycles. The maximum atomic E-state index is 14.1. The average Bonchev–Trinajstić information content (AvgIpc) is 3.21. The van der Waals surface area contributed by atoms with Crippen molar-refractivity contribution in [2.75, 3.05) is 0 Å². The lowest BCUT2D eigenvalue weighted by Crippen LogP contribution is -2.28. The molecule has 3 aromatic carbocycles. The van der Waals surface area contributed by atoms with Crippen molar-refractivity contribution >= 4 is 11.0 Å². The minimum Gasteiger partial charge on any atom is -0.324 e. The molecule has 1 aliphatic rings. The van der Waals surface area contributed by atoms with Crippen LogP contribution >= 0.6 is 0 Å². The first kappa shape index (κ1) is 21.9. The Morgan fingerprint density at radius 1 is 0.941 bits per heavy atom. The van der Waals surface area contributed by atoms with E-state index in [0.29, 0.717) is 18.5 Å². The van der Waals surface area contributed by atoms with E-state index in [9.17, 15) is 8.78 Å². The molecular weight excluding hydrogens is 428 g/mol. The molecule has 168 valence electrons. The van der Waals surface area contributed by atoms with Crippen molar-refractivity contribution in [1.29, 1.82) is 5.26 Å². The zero-order chi connectivity index (χ0) is 23.5. The number of benzene rings is 3. The molecule has 0 saturated heterocycles. The maximum absolute atomic E-state index is 14.1. The monoisotopic (exact) mass is 451 g/mol. The van der Waals surface area contributed by atoms with Gasteiger partial charge < -0.3 is 4.57 Å². The Labute approximate surface area is 197 Å². The molecule has 1 saturated carbocycles. The van der Waals surface area contributed by atoms with E-state index in [-0.39, 0.29) is 18.8 Å². The summed E-state index contributed by atoms with van der Waals surface area (Å²) in [6.45, 7) is 0.503. The van der Waals surface area contributed by atoms with Gasteiger partial charge in [0.25, 0.3) is 0 Å². The van der Waals surface area contributed by atoms with Crippen LogP contribution < -0.4 is 0 Å². The van der Waals surface area contributed by atoms with E-state index in [0.717, 1.165) is 40.0 Å². The summed E-state index contributed by atoms with van der Waals surface area (Å²) in [5.74, 6) is 4.48. The molecular formula is C29H23F2N3. The first-order valence-corrected chi connectivity index (χ1v) is 11.5. The molecule has 34 heavy (non-hydrogen) atoms. The van der Waals surface area contributed by atoms with E-state index in [1.54, 1.807) is 12.1 Å². The Morgan fingerprint density at radius 3 is 2.47 bits per heavy atom. The smallest absolute Gasteiger partial charge is 0.248 e. The van der Waals surface area contributed by atoms with Gasteiger partial charge in [0.1, 0.15) is 5.82 Å². The topological polar surface area (TPSA) is 41.6 Å². The molecule has 1 heterocycles. The van der Waals surface area contributed by atoms with Crippen molar-refractivity contribution in [3.05, 3.63) is 89.5 Å². The van der Waals surface area contributed by atoms with Crippen LogP contribution in [-0.4, -0.2) is 15.5 Å². The summed E-state index contributed by atoms with van der Waals surface area (Å²) in [4.78, 5) is 4.89. The Bertz CT molecular complexity index is 1430. The summed E-state index contributed by atoms with van der Waals surface area (Å²) >= 11 is 0. The standard InChI is InChI=1S/C29H23F2N3/c30-29(31)17-5-6-23(18-29)20-34-27-10-4-3-9-26(27)33-28(34)25-8-2-1-7-24(25)16-15-21-11-13-22(19-32)14-12-21/h1-4,7-14,23H,5-6,17-18,20H2. The van der Waals surface area contributed by atoms with Crippen LogP contribution in [0.4, 0.5) is 8.78 Å². The van der Waals surface area contributed by atoms with Crippen molar-refractivity contribution in [3.8, 4) is 29.3 Å². The van der Waals surface area contributed by atoms with Crippen LogP contribution in [0.25, 0.3) is 22.4 Å². The number of hydrogen-bond donors (Lipinski definition) is 0. The summed E-state index contributed by atoms with van der Waals surface area (Å²) in [5.41, 5.74) is 4.88. The number of para-hydroxylation sites is 2. The Kier molecular flexibility index (Phi) is 5.86. The molecule has 1 fully saturated rings. The lowest BCUT2D eigenvalue weighted by atomic mass is 9.86. The predicted octanol–water partition coefficient (Wildman–Crippen LogP) is 6.80. The number of nitriles is 1. The van der Waals surface area contributed by atoms with Crippen LogP contribution in [0.5, 0.6) is 0 Å². The predicted molar refractivity (Wildman–Crippen MR) is 129 cm³/mol. The van der Waals surface area contributed by atoms with Crippen LogP contribution in [0.2, 0.25) is 0 Å². The number of hydrogen-bond acceptors (Lipinski definition) is 2.